The Morgan fingerprint density at radius 1 is 1.15 bits per heavy atom. The second kappa shape index (κ2) is 7.78. The topological polar surface area (TPSA) is 64.4 Å². The average molecular weight is 434 g/mol. The predicted octanol–water partition coefficient (Wildman–Crippen LogP) is 3.61. The number of nitrogens with zero attached hydrogens (tertiary/aromatic N) is 3. The van der Waals surface area contributed by atoms with Gasteiger partial charge in [-0.25, -0.2) is 8.42 Å². The summed E-state index contributed by atoms with van der Waals surface area (Å²) in [6.45, 7) is 1.71. The lowest BCUT2D eigenvalue weighted by Crippen LogP contribution is -2.46. The fourth-order valence-corrected chi connectivity index (χ4v) is 5.22. The van der Waals surface area contributed by atoms with Crippen molar-refractivity contribution in [2.24, 2.45) is 0 Å². The van der Waals surface area contributed by atoms with Crippen LogP contribution in [0.1, 0.15) is 18.4 Å². The zero-order chi connectivity index (χ0) is 18.7. The Morgan fingerprint density at radius 3 is 2.42 bits per heavy atom. The summed E-state index contributed by atoms with van der Waals surface area (Å²) >= 11 is 3.40. The van der Waals surface area contributed by atoms with Crippen LogP contribution in [0.5, 0.6) is 0 Å². The molecule has 136 valence electrons. The van der Waals surface area contributed by atoms with Gasteiger partial charge < -0.3 is 4.90 Å². The number of piperidine rings is 1. The Bertz CT molecular complexity index is 915. The summed E-state index contributed by atoms with van der Waals surface area (Å²) in [5.41, 5.74) is 0.982. The van der Waals surface area contributed by atoms with E-state index >= 15 is 0 Å². The fraction of sp³-hybridized carbons (Fsp3) is 0.316. The molecule has 0 amide bonds. The molecule has 1 aliphatic rings. The van der Waals surface area contributed by atoms with Gasteiger partial charge >= 0.3 is 0 Å². The Balaban J connectivity index is 2.06. The van der Waals surface area contributed by atoms with Crippen molar-refractivity contribution >= 4 is 31.6 Å². The van der Waals surface area contributed by atoms with E-state index in [1.165, 1.54) is 10.4 Å². The minimum atomic E-state index is -3.77. The van der Waals surface area contributed by atoms with Crippen molar-refractivity contribution in [2.45, 2.75) is 23.8 Å². The van der Waals surface area contributed by atoms with Crippen LogP contribution in [-0.2, 0) is 10.0 Å². The van der Waals surface area contributed by atoms with Gasteiger partial charge in [-0.05, 0) is 75.4 Å². The molecule has 26 heavy (non-hydrogen) atoms. The minimum Gasteiger partial charge on any atom is -0.306 e. The quantitative estimate of drug-likeness (QED) is 0.738. The van der Waals surface area contributed by atoms with Gasteiger partial charge in [0.25, 0.3) is 10.0 Å². The second-order valence-corrected chi connectivity index (χ2v) is 9.18. The van der Waals surface area contributed by atoms with Crippen molar-refractivity contribution in [1.29, 1.82) is 5.26 Å². The van der Waals surface area contributed by atoms with Crippen LogP contribution in [0, 0.1) is 11.3 Å². The van der Waals surface area contributed by atoms with Crippen LogP contribution in [0.4, 0.5) is 5.69 Å². The molecule has 0 atom stereocenters. The molecule has 2 aromatic carbocycles. The Morgan fingerprint density at radius 2 is 1.81 bits per heavy atom. The van der Waals surface area contributed by atoms with Crippen molar-refractivity contribution in [3.63, 3.8) is 0 Å². The number of rotatable bonds is 4. The highest BCUT2D eigenvalue weighted by atomic mass is 79.9. The number of benzene rings is 2. The van der Waals surface area contributed by atoms with Gasteiger partial charge in [0.2, 0.25) is 0 Å². The highest BCUT2D eigenvalue weighted by Gasteiger charge is 2.33. The van der Waals surface area contributed by atoms with Crippen LogP contribution in [0.2, 0.25) is 0 Å². The van der Waals surface area contributed by atoms with E-state index < -0.39 is 10.0 Å². The molecule has 7 heteroatoms. The SMILES string of the molecule is CN1CCC(N(c2ccc(Br)cc2)S(=O)(=O)c2cccc(C#N)c2)CC1. The summed E-state index contributed by atoms with van der Waals surface area (Å²) in [6.07, 6.45) is 1.54. The van der Waals surface area contributed by atoms with Gasteiger partial charge in [0.15, 0.2) is 0 Å². The summed E-state index contributed by atoms with van der Waals surface area (Å²) in [6, 6.07) is 15.4. The molecule has 1 aliphatic heterocycles. The average Bonchev–Trinajstić information content (AvgIpc) is 2.65. The summed E-state index contributed by atoms with van der Waals surface area (Å²) in [5, 5.41) is 9.12. The maximum Gasteiger partial charge on any atom is 0.264 e. The predicted molar refractivity (Wildman–Crippen MR) is 105 cm³/mol. The molecule has 0 aromatic heterocycles. The van der Waals surface area contributed by atoms with Gasteiger partial charge in [0.1, 0.15) is 0 Å². The molecule has 2 aromatic rings. The highest BCUT2D eigenvalue weighted by Crippen LogP contribution is 2.31. The molecule has 0 unspecified atom stereocenters. The van der Waals surface area contributed by atoms with E-state index in [0.29, 0.717) is 11.3 Å². The first-order chi connectivity index (χ1) is 12.4. The number of hydrogen-bond acceptors (Lipinski definition) is 4. The van der Waals surface area contributed by atoms with Gasteiger partial charge in [-0.1, -0.05) is 22.0 Å². The maximum absolute atomic E-state index is 13.5. The molecule has 0 spiro atoms. The highest BCUT2D eigenvalue weighted by molar-refractivity contribution is 9.10. The molecule has 1 heterocycles. The Hall–Kier alpha value is -1.88. The lowest BCUT2D eigenvalue weighted by Gasteiger charge is -2.37. The first-order valence-electron chi connectivity index (χ1n) is 8.40. The molecule has 0 saturated carbocycles. The van der Waals surface area contributed by atoms with Gasteiger partial charge in [-0.3, -0.25) is 4.31 Å². The summed E-state index contributed by atoms with van der Waals surface area (Å²) < 4.78 is 29.3. The normalized spacial score (nSPS) is 16.2. The summed E-state index contributed by atoms with van der Waals surface area (Å²) in [7, 11) is -1.72. The van der Waals surface area contributed by atoms with Gasteiger partial charge in [-0.15, -0.1) is 0 Å². The zero-order valence-corrected chi connectivity index (χ0v) is 16.9. The number of sulfonamides is 1. The van der Waals surface area contributed by atoms with Crippen LogP contribution >= 0.6 is 15.9 Å². The van der Waals surface area contributed by atoms with Crippen molar-refractivity contribution in [3.05, 3.63) is 58.6 Å². The third-order valence-corrected chi connectivity index (χ3v) is 7.03. The first-order valence-corrected chi connectivity index (χ1v) is 10.6. The molecule has 5 nitrogen and oxygen atoms in total. The Labute approximate surface area is 163 Å². The number of anilines is 1. The van der Waals surface area contributed by atoms with Crippen LogP contribution in [0.3, 0.4) is 0 Å². The largest absolute Gasteiger partial charge is 0.306 e. The van der Waals surface area contributed by atoms with Crippen LogP contribution < -0.4 is 4.31 Å². The van der Waals surface area contributed by atoms with E-state index in [-0.39, 0.29) is 10.9 Å². The van der Waals surface area contributed by atoms with Gasteiger partial charge in [0, 0.05) is 10.5 Å². The minimum absolute atomic E-state index is 0.108. The molecule has 1 saturated heterocycles. The number of hydrogen-bond donors (Lipinski definition) is 0. The van der Waals surface area contributed by atoms with E-state index in [4.69, 9.17) is 5.26 Å². The van der Waals surface area contributed by atoms with Crippen molar-refractivity contribution in [3.8, 4) is 6.07 Å². The maximum atomic E-state index is 13.5. The van der Waals surface area contributed by atoms with Crippen LogP contribution in [-0.4, -0.2) is 39.5 Å². The van der Waals surface area contributed by atoms with Gasteiger partial charge in [-0.2, -0.15) is 5.26 Å². The van der Waals surface area contributed by atoms with Crippen molar-refractivity contribution < 1.29 is 8.42 Å². The van der Waals surface area contributed by atoms with E-state index in [1.807, 2.05) is 37.4 Å². The molecule has 0 aliphatic carbocycles. The molecular weight excluding hydrogens is 414 g/mol. The van der Waals surface area contributed by atoms with E-state index in [0.717, 1.165) is 30.4 Å². The number of likely N-dealkylation sites (tertiary alicyclic amines) is 1. The molecular formula is C19H20BrN3O2S. The third kappa shape index (κ3) is 3.93. The first kappa shape index (κ1) is 18.9. The lowest BCUT2D eigenvalue weighted by atomic mass is 10.1. The summed E-state index contributed by atoms with van der Waals surface area (Å²) in [4.78, 5) is 2.36. The van der Waals surface area contributed by atoms with Crippen LogP contribution in [0.25, 0.3) is 0 Å². The van der Waals surface area contributed by atoms with E-state index in [2.05, 4.69) is 20.8 Å². The molecule has 0 N–H and O–H groups in total. The molecule has 0 radical (unpaired) electrons. The van der Waals surface area contributed by atoms with Crippen LogP contribution in [0.15, 0.2) is 57.9 Å². The molecule has 0 bridgehead atoms. The standard InChI is InChI=1S/C19H20BrN3O2S/c1-22-11-9-18(10-12-22)23(17-7-5-16(20)6-8-17)26(24,25)19-4-2-3-15(13-19)14-21/h2-8,13,18H,9-12H2,1H3. The van der Waals surface area contributed by atoms with Gasteiger partial charge in [0.05, 0.1) is 22.2 Å². The van der Waals surface area contributed by atoms with E-state index in [9.17, 15) is 8.42 Å². The molecule has 1 fully saturated rings. The fourth-order valence-electron chi connectivity index (χ4n) is 3.20. The smallest absolute Gasteiger partial charge is 0.264 e. The Kier molecular flexibility index (Phi) is 5.66. The number of nitriles is 1. The monoisotopic (exact) mass is 433 g/mol. The zero-order valence-electron chi connectivity index (χ0n) is 14.5. The van der Waals surface area contributed by atoms with E-state index in [1.54, 1.807) is 18.2 Å². The lowest BCUT2D eigenvalue weighted by molar-refractivity contribution is 0.257. The second-order valence-electron chi connectivity index (χ2n) is 6.45. The van der Waals surface area contributed by atoms with Crippen molar-refractivity contribution in [2.75, 3.05) is 24.4 Å². The third-order valence-electron chi connectivity index (χ3n) is 4.62. The number of halogens is 1. The molecule has 3 rings (SSSR count). The summed E-state index contributed by atoms with van der Waals surface area (Å²) in [5.74, 6) is 0. The van der Waals surface area contributed by atoms with Crippen molar-refractivity contribution in [1.82, 2.24) is 4.90 Å².